The number of unbranched alkanes of at least 4 members (excludes halogenated alkanes) is 14. The Morgan fingerprint density at radius 3 is 1.16 bits per heavy atom. The van der Waals surface area contributed by atoms with E-state index in [0.29, 0.717) is 6.42 Å². The Bertz CT molecular complexity index is 270. The predicted octanol–water partition coefficient (Wildman–Crippen LogP) is 5.92. The molecule has 2 N–H and O–H groups in total. The molecule has 0 bridgehead atoms. The van der Waals surface area contributed by atoms with Crippen molar-refractivity contribution < 1.29 is 9.44 Å². The van der Waals surface area contributed by atoms with Crippen LogP contribution >= 0.6 is 0 Å². The lowest BCUT2D eigenvalue weighted by Crippen LogP contribution is -2.25. The van der Waals surface area contributed by atoms with Gasteiger partial charge in [0.25, 0.3) is 0 Å². The molecule has 0 rings (SSSR count). The van der Waals surface area contributed by atoms with Gasteiger partial charge in [0.1, 0.15) is 0 Å². The Labute approximate surface area is 157 Å². The first-order valence-corrected chi connectivity index (χ1v) is 10.6. The molecular formula is C21H46N2O2. The smallest absolute Gasteiger partial charge is 0.217 e. The van der Waals surface area contributed by atoms with Crippen LogP contribution in [0.25, 0.3) is 0 Å². The first kappa shape index (κ1) is 26.6. The summed E-state index contributed by atoms with van der Waals surface area (Å²) in [6.45, 7) is 2.28. The molecule has 25 heavy (non-hydrogen) atoms. The summed E-state index contributed by atoms with van der Waals surface area (Å²) in [5, 5.41) is 10.0. The van der Waals surface area contributed by atoms with Crippen LogP contribution in [0.5, 0.6) is 0 Å². The van der Waals surface area contributed by atoms with Gasteiger partial charge in [0.2, 0.25) is 5.91 Å². The molecule has 0 unspecified atom stereocenters. The van der Waals surface area contributed by atoms with Gasteiger partial charge < -0.3 is 15.6 Å². The SMILES string of the molecule is CCCCCCCCCCCCCCCCCC(N)=O.C[N+](C)(C)[O-]. The summed E-state index contributed by atoms with van der Waals surface area (Å²) < 4.78 is -0.250. The van der Waals surface area contributed by atoms with E-state index < -0.39 is 0 Å². The molecule has 0 radical (unpaired) electrons. The molecule has 0 atom stereocenters. The third-order valence-electron chi connectivity index (χ3n) is 4.03. The molecule has 0 aliphatic carbocycles. The number of primary amides is 1. The van der Waals surface area contributed by atoms with Crippen molar-refractivity contribution in [2.45, 2.75) is 110 Å². The van der Waals surface area contributed by atoms with Gasteiger partial charge in [-0.2, -0.15) is 0 Å². The van der Waals surface area contributed by atoms with Crippen LogP contribution in [0, 0.1) is 5.21 Å². The summed E-state index contributed by atoms with van der Waals surface area (Å²) in [5.41, 5.74) is 5.11. The fourth-order valence-corrected chi connectivity index (χ4v) is 2.67. The standard InChI is InChI=1S/C18H37NO.C3H9NO/c1-2-3-4-5-6-7-8-9-10-11-12-13-14-15-16-17-18(19)20;1-4(2,3)5/h2-17H2,1H3,(H2,19,20);1-3H3. The summed E-state index contributed by atoms with van der Waals surface area (Å²) in [4.78, 5) is 10.6. The fourth-order valence-electron chi connectivity index (χ4n) is 2.67. The van der Waals surface area contributed by atoms with E-state index >= 15 is 0 Å². The van der Waals surface area contributed by atoms with Crippen LogP contribution < -0.4 is 5.73 Å². The lowest BCUT2D eigenvalue weighted by molar-refractivity contribution is -0.818. The van der Waals surface area contributed by atoms with E-state index in [0.717, 1.165) is 6.42 Å². The highest BCUT2D eigenvalue weighted by Gasteiger charge is 1.96. The van der Waals surface area contributed by atoms with Crippen LogP contribution in [0.3, 0.4) is 0 Å². The van der Waals surface area contributed by atoms with E-state index in [9.17, 15) is 10.0 Å². The molecule has 0 aromatic carbocycles. The Balaban J connectivity index is 0. The predicted molar refractivity (Wildman–Crippen MR) is 110 cm³/mol. The average molecular weight is 359 g/mol. The molecule has 0 heterocycles. The number of nitrogens with zero attached hydrogens (tertiary/aromatic N) is 1. The van der Waals surface area contributed by atoms with E-state index in [1.54, 1.807) is 21.1 Å². The third kappa shape index (κ3) is 39.8. The van der Waals surface area contributed by atoms with Crippen molar-refractivity contribution in [3.05, 3.63) is 5.21 Å². The van der Waals surface area contributed by atoms with Crippen LogP contribution in [0.2, 0.25) is 0 Å². The summed E-state index contributed by atoms with van der Waals surface area (Å²) in [6, 6.07) is 0. The largest absolute Gasteiger partial charge is 0.633 e. The summed E-state index contributed by atoms with van der Waals surface area (Å²) >= 11 is 0. The number of carbonyl (C=O) groups excluding carboxylic acids is 1. The zero-order chi connectivity index (χ0) is 19.4. The topological polar surface area (TPSA) is 66.2 Å². The van der Waals surface area contributed by atoms with Crippen LogP contribution in [0.1, 0.15) is 110 Å². The van der Waals surface area contributed by atoms with Crippen molar-refractivity contribution in [3.8, 4) is 0 Å². The average Bonchev–Trinajstić information content (AvgIpc) is 2.49. The maximum atomic E-state index is 10.6. The highest BCUT2D eigenvalue weighted by molar-refractivity contribution is 5.73. The van der Waals surface area contributed by atoms with Crippen LogP contribution in [-0.4, -0.2) is 31.7 Å². The molecule has 4 heteroatoms. The second-order valence-corrected chi connectivity index (χ2v) is 8.06. The van der Waals surface area contributed by atoms with Gasteiger partial charge in [-0.15, -0.1) is 0 Å². The molecule has 0 saturated carbocycles. The first-order chi connectivity index (χ1) is 11.8. The van der Waals surface area contributed by atoms with E-state index in [-0.39, 0.29) is 10.6 Å². The first-order valence-electron chi connectivity index (χ1n) is 10.6. The molecule has 1 amide bonds. The van der Waals surface area contributed by atoms with Crippen molar-refractivity contribution in [1.29, 1.82) is 0 Å². The molecule has 152 valence electrons. The van der Waals surface area contributed by atoms with Gasteiger partial charge in [-0.1, -0.05) is 96.8 Å². The molecule has 0 saturated heterocycles. The van der Waals surface area contributed by atoms with E-state index in [2.05, 4.69) is 6.92 Å². The minimum absolute atomic E-state index is 0.153. The Hall–Kier alpha value is -0.610. The van der Waals surface area contributed by atoms with Gasteiger partial charge in [-0.05, 0) is 6.42 Å². The Kier molecular flexibility index (Phi) is 21.0. The molecule has 4 nitrogen and oxygen atoms in total. The maximum absolute atomic E-state index is 10.6. The lowest BCUT2D eigenvalue weighted by atomic mass is 10.0. The Morgan fingerprint density at radius 2 is 0.920 bits per heavy atom. The molecule has 0 aliphatic heterocycles. The monoisotopic (exact) mass is 358 g/mol. The number of amides is 1. The van der Waals surface area contributed by atoms with Gasteiger partial charge in [0.15, 0.2) is 0 Å². The second kappa shape index (κ2) is 19.7. The number of hydrogen-bond donors (Lipinski definition) is 1. The minimum atomic E-state index is -0.250. The summed E-state index contributed by atoms with van der Waals surface area (Å²) in [6.07, 6.45) is 20.9. The van der Waals surface area contributed by atoms with Crippen molar-refractivity contribution in [2.24, 2.45) is 5.73 Å². The number of quaternary nitrogens is 1. The number of hydrogen-bond acceptors (Lipinski definition) is 2. The number of hydroxylamine groups is 3. The van der Waals surface area contributed by atoms with Crippen molar-refractivity contribution >= 4 is 5.91 Å². The molecule has 0 aromatic heterocycles. The minimum Gasteiger partial charge on any atom is -0.633 e. The van der Waals surface area contributed by atoms with Crippen LogP contribution in [0.15, 0.2) is 0 Å². The highest BCUT2D eigenvalue weighted by atomic mass is 16.5. The summed E-state index contributed by atoms with van der Waals surface area (Å²) in [7, 11) is 4.71. The normalized spacial score (nSPS) is 11.1. The zero-order valence-corrected chi connectivity index (χ0v) is 17.7. The molecule has 0 fully saturated rings. The second-order valence-electron chi connectivity index (χ2n) is 8.06. The van der Waals surface area contributed by atoms with E-state index in [4.69, 9.17) is 5.73 Å². The molecule has 0 aliphatic rings. The van der Waals surface area contributed by atoms with Gasteiger partial charge >= 0.3 is 0 Å². The van der Waals surface area contributed by atoms with Crippen molar-refractivity contribution in [3.63, 3.8) is 0 Å². The lowest BCUT2D eigenvalue weighted by Gasteiger charge is -2.27. The molecule has 0 aromatic rings. The summed E-state index contributed by atoms with van der Waals surface area (Å²) in [5.74, 6) is -0.153. The van der Waals surface area contributed by atoms with Crippen LogP contribution in [0.4, 0.5) is 0 Å². The number of nitrogens with two attached hydrogens (primary N) is 1. The van der Waals surface area contributed by atoms with Crippen LogP contribution in [-0.2, 0) is 4.79 Å². The van der Waals surface area contributed by atoms with Gasteiger partial charge in [-0.25, -0.2) is 0 Å². The van der Waals surface area contributed by atoms with Gasteiger partial charge in [0.05, 0.1) is 21.1 Å². The molecular weight excluding hydrogens is 312 g/mol. The molecule has 0 spiro atoms. The Morgan fingerprint density at radius 1 is 0.680 bits per heavy atom. The van der Waals surface area contributed by atoms with Gasteiger partial charge in [-0.3, -0.25) is 4.79 Å². The quantitative estimate of drug-likeness (QED) is 0.211. The maximum Gasteiger partial charge on any atom is 0.217 e. The van der Waals surface area contributed by atoms with E-state index in [1.807, 2.05) is 0 Å². The zero-order valence-electron chi connectivity index (χ0n) is 17.7. The van der Waals surface area contributed by atoms with E-state index in [1.165, 1.54) is 89.9 Å². The van der Waals surface area contributed by atoms with Gasteiger partial charge in [0, 0.05) is 6.42 Å². The number of carbonyl (C=O) groups is 1. The highest BCUT2D eigenvalue weighted by Crippen LogP contribution is 2.13. The van der Waals surface area contributed by atoms with Crippen molar-refractivity contribution in [2.75, 3.05) is 21.1 Å². The third-order valence-corrected chi connectivity index (χ3v) is 4.03. The fraction of sp³-hybridized carbons (Fsp3) is 0.952. The van der Waals surface area contributed by atoms with Crippen molar-refractivity contribution in [1.82, 2.24) is 0 Å². The number of rotatable bonds is 16.